The van der Waals surface area contributed by atoms with Crippen molar-refractivity contribution in [3.63, 3.8) is 0 Å². The molecule has 6 aromatic heterocycles. The Labute approximate surface area is 411 Å². The van der Waals surface area contributed by atoms with Gasteiger partial charge in [-0.25, -0.2) is 36.4 Å². The van der Waals surface area contributed by atoms with Gasteiger partial charge in [-0.05, 0) is 122 Å². The minimum atomic E-state index is -3.69. The summed E-state index contributed by atoms with van der Waals surface area (Å²) in [6, 6.07) is 7.70. The molecular weight excluding hydrogens is 1040 g/mol. The van der Waals surface area contributed by atoms with E-state index < -0.39 is 42.2 Å². The molecule has 0 spiro atoms. The monoisotopic (exact) mass is 1090 g/mol. The number of terminal acetylenes is 1. The zero-order chi connectivity index (χ0) is 49.4. The van der Waals surface area contributed by atoms with Gasteiger partial charge in [0.25, 0.3) is 11.1 Å². The van der Waals surface area contributed by atoms with E-state index in [0.29, 0.717) is 5.92 Å². The maximum absolute atomic E-state index is 12.9. The van der Waals surface area contributed by atoms with Crippen LogP contribution in [0.15, 0.2) is 66.2 Å². The van der Waals surface area contributed by atoms with Crippen molar-refractivity contribution in [2.24, 2.45) is 51.9 Å². The molecule has 364 valence electrons. The van der Waals surface area contributed by atoms with Gasteiger partial charge in [0.1, 0.15) is 11.6 Å². The Morgan fingerprint density at radius 2 is 1.07 bits per heavy atom. The third kappa shape index (κ3) is 11.5. The molecule has 23 heteroatoms. The number of imidazole rings is 2. The lowest BCUT2D eigenvalue weighted by Crippen LogP contribution is -2.38. The normalized spacial score (nSPS) is 15.6. The lowest BCUT2D eigenvalue weighted by molar-refractivity contribution is 0.575. The van der Waals surface area contributed by atoms with Gasteiger partial charge in [0.15, 0.2) is 22.3 Å². The first-order valence-electron chi connectivity index (χ1n) is 22.6. The number of fused-ring (bicyclic) bond motifs is 2. The van der Waals surface area contributed by atoms with E-state index in [1.807, 2.05) is 18.3 Å². The lowest BCUT2D eigenvalue weighted by atomic mass is 10.2. The second kappa shape index (κ2) is 20.1. The fraction of sp³-hybridized carbons (Fsp3) is 0.478. The fourth-order valence-corrected chi connectivity index (χ4v) is 11.7. The molecule has 6 aromatic rings. The number of pyridine rings is 2. The number of nitrogens with zero attached hydrogens (tertiary/aromatic N) is 10. The van der Waals surface area contributed by atoms with Gasteiger partial charge in [-0.3, -0.25) is 27.9 Å². The molecule has 4 saturated carbocycles. The highest BCUT2D eigenvalue weighted by Gasteiger charge is 2.35. The maximum atomic E-state index is 12.9. The number of anilines is 2. The van der Waals surface area contributed by atoms with Crippen molar-refractivity contribution in [2.75, 3.05) is 35.2 Å². The number of hydrogen-bond donors (Lipinski definition) is 2. The summed E-state index contributed by atoms with van der Waals surface area (Å²) in [6.07, 6.45) is 17.5. The summed E-state index contributed by atoms with van der Waals surface area (Å²) in [5.41, 5.74) is -1.52. The molecule has 20 nitrogen and oxygen atoms in total. The number of aromatic nitrogens is 10. The van der Waals surface area contributed by atoms with Crippen molar-refractivity contribution >= 4 is 76.2 Å². The van der Waals surface area contributed by atoms with Crippen LogP contribution in [0.5, 0.6) is 0 Å². The van der Waals surface area contributed by atoms with Crippen molar-refractivity contribution in [1.29, 1.82) is 0 Å². The molecule has 4 fully saturated rings. The molecule has 0 atom stereocenters. The Bertz CT molecular complexity index is 3560. The molecule has 2 N–H and O–H groups in total. The van der Waals surface area contributed by atoms with Gasteiger partial charge >= 0.3 is 11.4 Å². The van der Waals surface area contributed by atoms with E-state index >= 15 is 0 Å². The second-order valence-electron chi connectivity index (χ2n) is 18.1. The Hall–Kier alpha value is -6.05. The van der Waals surface area contributed by atoms with E-state index in [1.165, 1.54) is 71.1 Å². The van der Waals surface area contributed by atoms with E-state index in [4.69, 9.17) is 6.42 Å². The molecule has 4 aliphatic carbocycles. The summed E-state index contributed by atoms with van der Waals surface area (Å²) in [4.78, 5) is 67.0. The van der Waals surface area contributed by atoms with Crippen LogP contribution >= 0.6 is 22.6 Å². The van der Waals surface area contributed by atoms with Gasteiger partial charge in [0.05, 0.1) is 24.6 Å². The molecule has 0 radical (unpaired) electrons. The van der Waals surface area contributed by atoms with Gasteiger partial charge < -0.3 is 19.8 Å². The smallest absolute Gasteiger partial charge is 0.333 e. The van der Waals surface area contributed by atoms with Gasteiger partial charge in [-0.2, -0.15) is 9.97 Å². The first-order chi connectivity index (χ1) is 32.9. The van der Waals surface area contributed by atoms with Gasteiger partial charge in [-0.1, -0.05) is 17.8 Å². The largest absolute Gasteiger partial charge is 0.370 e. The highest BCUT2D eigenvalue weighted by atomic mass is 127. The third-order valence-electron chi connectivity index (χ3n) is 12.2. The van der Waals surface area contributed by atoms with Gasteiger partial charge in [-0.15, -0.1) is 6.42 Å². The summed E-state index contributed by atoms with van der Waals surface area (Å²) in [5, 5.41) is 6.24. The molecule has 0 unspecified atom stereocenters. The molecule has 0 aliphatic heterocycles. The number of halogens is 1. The van der Waals surface area contributed by atoms with Crippen LogP contribution in [-0.4, -0.2) is 88.8 Å². The molecular formula is C46H53IN12O8S2. The highest BCUT2D eigenvalue weighted by Crippen LogP contribution is 2.34. The van der Waals surface area contributed by atoms with Crippen molar-refractivity contribution in [2.45, 2.75) is 74.8 Å². The molecule has 0 amide bonds. The topological polar surface area (TPSA) is 242 Å². The van der Waals surface area contributed by atoms with Crippen LogP contribution in [0.4, 0.5) is 11.6 Å². The summed E-state index contributed by atoms with van der Waals surface area (Å²) in [6.45, 7) is 1.84. The average molecular weight is 1090 g/mol. The SMILES string of the molecule is C#CCn1c(=O)n(C)c(=O)c2c1nc(S(=O)(=O)CC1CC1)n2C.Cn1c(=O)c2c(nc(S(=O)(=O)CC3CC3)n2C)n(CC#Cc2ccnc(NCC3CC3)c2)c1=O.Ic1ccnc(NCC2CC2)c1. The summed E-state index contributed by atoms with van der Waals surface area (Å²) < 4.78 is 58.7. The maximum Gasteiger partial charge on any atom is 0.333 e. The predicted molar refractivity (Wildman–Crippen MR) is 269 cm³/mol. The first kappa shape index (κ1) is 49.4. The van der Waals surface area contributed by atoms with Crippen LogP contribution < -0.4 is 33.1 Å². The zero-order valence-corrected chi connectivity index (χ0v) is 42.5. The van der Waals surface area contributed by atoms with Crippen molar-refractivity contribution in [3.05, 3.63) is 87.5 Å². The Balaban J connectivity index is 0.000000157. The van der Waals surface area contributed by atoms with E-state index in [0.717, 1.165) is 75.6 Å². The van der Waals surface area contributed by atoms with Crippen LogP contribution in [-0.2, 0) is 61.0 Å². The first-order valence-corrected chi connectivity index (χ1v) is 27.0. The van der Waals surface area contributed by atoms with Crippen LogP contribution in [0.2, 0.25) is 0 Å². The molecule has 6 heterocycles. The average Bonchev–Trinajstić information content (AvgIpc) is 4.07. The number of rotatable bonds is 14. The molecule has 4 aliphatic rings. The van der Waals surface area contributed by atoms with E-state index in [2.05, 4.69) is 77.0 Å². The van der Waals surface area contributed by atoms with Crippen LogP contribution in [0.3, 0.4) is 0 Å². The van der Waals surface area contributed by atoms with Crippen molar-refractivity contribution in [1.82, 2.24) is 47.3 Å². The van der Waals surface area contributed by atoms with Gasteiger partial charge in [0.2, 0.25) is 30.0 Å². The molecule has 0 saturated heterocycles. The van der Waals surface area contributed by atoms with Crippen LogP contribution in [0, 0.1) is 51.4 Å². The molecule has 10 rings (SSSR count). The van der Waals surface area contributed by atoms with Crippen LogP contribution in [0.25, 0.3) is 22.3 Å². The fourth-order valence-electron chi connectivity index (χ4n) is 7.56. The Morgan fingerprint density at radius 1 is 0.638 bits per heavy atom. The number of aryl methyl sites for hydroxylation is 2. The minimum Gasteiger partial charge on any atom is -0.370 e. The predicted octanol–water partition coefficient (Wildman–Crippen LogP) is 2.64. The number of hydrogen-bond acceptors (Lipinski definition) is 14. The summed E-state index contributed by atoms with van der Waals surface area (Å²) in [5.74, 6) is 11.9. The van der Waals surface area contributed by atoms with Crippen molar-refractivity contribution < 1.29 is 16.8 Å². The zero-order valence-electron chi connectivity index (χ0n) is 38.7. The molecule has 0 aromatic carbocycles. The van der Waals surface area contributed by atoms with E-state index in [1.54, 1.807) is 12.3 Å². The Kier molecular flexibility index (Phi) is 14.4. The number of nitrogens with one attached hydrogen (secondary N) is 2. The second-order valence-corrected chi connectivity index (χ2v) is 23.2. The third-order valence-corrected chi connectivity index (χ3v) is 16.6. The van der Waals surface area contributed by atoms with Crippen molar-refractivity contribution in [3.8, 4) is 24.2 Å². The molecule has 0 bridgehead atoms. The minimum absolute atomic E-state index is 0.00382. The summed E-state index contributed by atoms with van der Waals surface area (Å²) >= 11 is 2.30. The summed E-state index contributed by atoms with van der Waals surface area (Å²) in [7, 11) is -1.68. The number of sulfone groups is 2. The molecule has 69 heavy (non-hydrogen) atoms. The quantitative estimate of drug-likeness (QED) is 0.118. The lowest BCUT2D eigenvalue weighted by Gasteiger charge is -2.06. The van der Waals surface area contributed by atoms with Crippen LogP contribution in [0.1, 0.15) is 56.9 Å². The standard InChI is InChI=1S/C23H26N6O4S.C14H16N4O4S.C9H11IN2/c1-27-19-20(26-22(27)34(32,33)14-17-7-8-17)29(23(31)28(2)21(19)30)11-3-4-15-9-10-24-18(12-15)25-13-16-5-6-16;1-4-7-18-11-10(12(19)17(3)14(18)20)16(2)13(15-11)23(21,22)8-9-5-6-9;10-8-3-4-11-9(5-8)12-6-7-1-2-7/h9-10,12,16-17H,5-8,11,13-14H2,1-2H3,(H,24,25);1,9H,5-8H2,2-3H3;3-5,7H,1-2,6H2,(H,11,12). The highest BCUT2D eigenvalue weighted by molar-refractivity contribution is 14.1. The van der Waals surface area contributed by atoms with E-state index in [-0.39, 0.29) is 69.1 Å². The van der Waals surface area contributed by atoms with Gasteiger partial charge in [0, 0.05) is 62.8 Å². The van der Waals surface area contributed by atoms with E-state index in [9.17, 15) is 36.0 Å². The Morgan fingerprint density at radius 3 is 1.51 bits per heavy atom.